The van der Waals surface area contributed by atoms with E-state index in [9.17, 15) is 10.2 Å². The highest BCUT2D eigenvalue weighted by atomic mass is 16.5. The quantitative estimate of drug-likeness (QED) is 0.709. The monoisotopic (exact) mass is 332 g/mol. The van der Waals surface area contributed by atoms with Gasteiger partial charge in [0.05, 0.1) is 25.4 Å². The van der Waals surface area contributed by atoms with Gasteiger partial charge in [-0.2, -0.15) is 0 Å². The molecule has 3 N–H and O–H groups in total. The Bertz CT molecular complexity index is 675. The van der Waals surface area contributed by atoms with E-state index in [1.807, 2.05) is 36.9 Å². The van der Waals surface area contributed by atoms with E-state index in [4.69, 9.17) is 4.74 Å². The van der Waals surface area contributed by atoms with Crippen LogP contribution in [0.1, 0.15) is 17.9 Å². The summed E-state index contributed by atoms with van der Waals surface area (Å²) in [5.74, 6) is 1.29. The number of nitrogens with zero attached hydrogens (tertiary/aromatic N) is 3. The Hall–Kier alpha value is -1.96. The minimum atomic E-state index is -0.815. The van der Waals surface area contributed by atoms with Crippen molar-refractivity contribution in [3.05, 3.63) is 42.1 Å². The normalized spacial score (nSPS) is 26.7. The third-order valence-electron chi connectivity index (χ3n) is 4.55. The number of hydrogen-bond donors (Lipinski definition) is 3. The Balaban J connectivity index is 1.53. The lowest BCUT2D eigenvalue weighted by molar-refractivity contribution is 0.00164. The number of nitrogens with one attached hydrogen (secondary N) is 1. The van der Waals surface area contributed by atoms with Crippen LogP contribution in [0.2, 0.25) is 0 Å². The zero-order chi connectivity index (χ0) is 17.1. The van der Waals surface area contributed by atoms with Gasteiger partial charge in [-0.25, -0.2) is 9.97 Å². The molecule has 0 bridgehead atoms. The van der Waals surface area contributed by atoms with E-state index in [0.717, 1.165) is 11.5 Å². The average molecular weight is 332 g/mol. The molecule has 2 aromatic heterocycles. The lowest BCUT2D eigenvalue weighted by atomic mass is 10.1. The second-order valence-electron chi connectivity index (χ2n) is 6.35. The molecule has 1 aliphatic carbocycles. The SMILES string of the molecule is Cc1cccc(OC[C@H]2C[C@@H](NCc3nccn3C)[C@H](O)[C@@H]2O)n1. The van der Waals surface area contributed by atoms with Crippen LogP contribution in [0.5, 0.6) is 5.88 Å². The molecule has 1 saturated carbocycles. The maximum absolute atomic E-state index is 10.3. The Morgan fingerprint density at radius 2 is 2.17 bits per heavy atom. The van der Waals surface area contributed by atoms with Crippen molar-refractivity contribution < 1.29 is 14.9 Å². The van der Waals surface area contributed by atoms with Gasteiger partial charge in [-0.3, -0.25) is 0 Å². The first kappa shape index (κ1) is 16.9. The molecule has 0 saturated heterocycles. The molecule has 0 amide bonds. The van der Waals surface area contributed by atoms with Crippen molar-refractivity contribution in [2.75, 3.05) is 6.61 Å². The van der Waals surface area contributed by atoms with Crippen LogP contribution in [0.3, 0.4) is 0 Å². The van der Waals surface area contributed by atoms with Gasteiger partial charge in [0.15, 0.2) is 0 Å². The van der Waals surface area contributed by atoms with Crippen LogP contribution in [0.4, 0.5) is 0 Å². The van der Waals surface area contributed by atoms with Gasteiger partial charge < -0.3 is 24.8 Å². The summed E-state index contributed by atoms with van der Waals surface area (Å²) in [6.07, 6.45) is 2.63. The number of aliphatic hydroxyl groups is 2. The van der Waals surface area contributed by atoms with Crippen molar-refractivity contribution in [2.24, 2.45) is 13.0 Å². The number of hydrogen-bond acceptors (Lipinski definition) is 6. The van der Waals surface area contributed by atoms with Gasteiger partial charge in [-0.1, -0.05) is 6.07 Å². The molecule has 0 radical (unpaired) electrons. The summed E-state index contributed by atoms with van der Waals surface area (Å²) < 4.78 is 7.61. The molecule has 3 rings (SSSR count). The topological polar surface area (TPSA) is 92.4 Å². The molecule has 7 heteroatoms. The maximum Gasteiger partial charge on any atom is 0.213 e. The molecule has 130 valence electrons. The van der Waals surface area contributed by atoms with Crippen molar-refractivity contribution in [3.63, 3.8) is 0 Å². The number of aliphatic hydroxyl groups excluding tert-OH is 2. The molecule has 7 nitrogen and oxygen atoms in total. The zero-order valence-electron chi connectivity index (χ0n) is 14.0. The van der Waals surface area contributed by atoms with Crippen LogP contribution in [0, 0.1) is 12.8 Å². The fraction of sp³-hybridized carbons (Fsp3) is 0.529. The second kappa shape index (κ2) is 7.29. The van der Waals surface area contributed by atoms with Crippen molar-refractivity contribution in [1.82, 2.24) is 19.9 Å². The molecule has 0 aliphatic heterocycles. The Morgan fingerprint density at radius 3 is 2.88 bits per heavy atom. The third kappa shape index (κ3) is 3.75. The van der Waals surface area contributed by atoms with Crippen LogP contribution in [-0.4, -0.2) is 49.6 Å². The highest BCUT2D eigenvalue weighted by Crippen LogP contribution is 2.27. The van der Waals surface area contributed by atoms with Crippen molar-refractivity contribution in [1.29, 1.82) is 0 Å². The first-order valence-electron chi connectivity index (χ1n) is 8.17. The van der Waals surface area contributed by atoms with Crippen LogP contribution in [0.25, 0.3) is 0 Å². The molecule has 2 heterocycles. The summed E-state index contributed by atoms with van der Waals surface area (Å²) in [4.78, 5) is 8.53. The van der Waals surface area contributed by atoms with Crippen LogP contribution >= 0.6 is 0 Å². The Morgan fingerprint density at radius 1 is 1.33 bits per heavy atom. The maximum atomic E-state index is 10.3. The summed E-state index contributed by atoms with van der Waals surface area (Å²) >= 11 is 0. The van der Waals surface area contributed by atoms with E-state index >= 15 is 0 Å². The van der Waals surface area contributed by atoms with E-state index in [1.54, 1.807) is 12.3 Å². The molecule has 1 aliphatic rings. The van der Waals surface area contributed by atoms with E-state index in [0.29, 0.717) is 25.5 Å². The first-order chi connectivity index (χ1) is 11.5. The van der Waals surface area contributed by atoms with E-state index < -0.39 is 12.2 Å². The van der Waals surface area contributed by atoms with Gasteiger partial charge in [-0.05, 0) is 19.4 Å². The lowest BCUT2D eigenvalue weighted by Crippen LogP contribution is -2.40. The molecule has 0 spiro atoms. The Labute approximate surface area is 141 Å². The van der Waals surface area contributed by atoms with Crippen LogP contribution in [-0.2, 0) is 13.6 Å². The number of imidazole rings is 1. The van der Waals surface area contributed by atoms with Gasteiger partial charge in [0.25, 0.3) is 0 Å². The summed E-state index contributed by atoms with van der Waals surface area (Å²) in [6.45, 7) is 2.78. The predicted octanol–water partition coefficient (Wildman–Crippen LogP) is 0.402. The highest BCUT2D eigenvalue weighted by Gasteiger charge is 2.41. The van der Waals surface area contributed by atoms with E-state index in [2.05, 4.69) is 15.3 Å². The van der Waals surface area contributed by atoms with Crippen molar-refractivity contribution in [2.45, 2.75) is 38.1 Å². The molecule has 4 atom stereocenters. The molecule has 2 aromatic rings. The number of aromatic nitrogens is 3. The van der Waals surface area contributed by atoms with Crippen LogP contribution < -0.4 is 10.1 Å². The third-order valence-corrected chi connectivity index (χ3v) is 4.55. The van der Waals surface area contributed by atoms with Crippen molar-refractivity contribution in [3.8, 4) is 5.88 Å². The largest absolute Gasteiger partial charge is 0.477 e. The van der Waals surface area contributed by atoms with Crippen LogP contribution in [0.15, 0.2) is 30.6 Å². The van der Waals surface area contributed by atoms with Gasteiger partial charge in [0.2, 0.25) is 5.88 Å². The number of aryl methyl sites for hydroxylation is 2. The standard InChI is InChI=1S/C17H24N4O3/c1-11-4-3-5-15(20-11)24-10-12-8-13(17(23)16(12)22)19-9-14-18-6-7-21(14)2/h3-7,12-13,16-17,19,22-23H,8-10H2,1-2H3/t12-,13-,16-,17+/m1/s1. The first-order valence-corrected chi connectivity index (χ1v) is 8.17. The van der Waals surface area contributed by atoms with Gasteiger partial charge in [-0.15, -0.1) is 0 Å². The molecule has 0 unspecified atom stereocenters. The van der Waals surface area contributed by atoms with Gasteiger partial charge in [0.1, 0.15) is 5.82 Å². The Kier molecular flexibility index (Phi) is 5.13. The molecule has 24 heavy (non-hydrogen) atoms. The fourth-order valence-corrected chi connectivity index (χ4v) is 3.07. The fourth-order valence-electron chi connectivity index (χ4n) is 3.07. The predicted molar refractivity (Wildman–Crippen MR) is 88.4 cm³/mol. The molecule has 1 fully saturated rings. The van der Waals surface area contributed by atoms with E-state index in [-0.39, 0.29) is 12.0 Å². The summed E-state index contributed by atoms with van der Waals surface area (Å²) in [5, 5.41) is 23.8. The number of ether oxygens (including phenoxy) is 1. The van der Waals surface area contributed by atoms with E-state index in [1.165, 1.54) is 0 Å². The summed E-state index contributed by atoms with van der Waals surface area (Å²) in [6, 6.07) is 5.39. The van der Waals surface area contributed by atoms with Gasteiger partial charge in [0, 0.05) is 43.2 Å². The van der Waals surface area contributed by atoms with Gasteiger partial charge >= 0.3 is 0 Å². The summed E-state index contributed by atoms with van der Waals surface area (Å²) in [5.41, 5.74) is 0.883. The molecular weight excluding hydrogens is 308 g/mol. The average Bonchev–Trinajstić information content (AvgIpc) is 3.09. The minimum absolute atomic E-state index is 0.138. The number of pyridine rings is 1. The molecular formula is C17H24N4O3. The highest BCUT2D eigenvalue weighted by molar-refractivity contribution is 5.14. The minimum Gasteiger partial charge on any atom is -0.477 e. The summed E-state index contributed by atoms with van der Waals surface area (Å²) in [7, 11) is 1.93. The molecule has 0 aromatic carbocycles. The lowest BCUT2D eigenvalue weighted by Gasteiger charge is -2.18. The second-order valence-corrected chi connectivity index (χ2v) is 6.35. The smallest absolute Gasteiger partial charge is 0.213 e. The zero-order valence-corrected chi connectivity index (χ0v) is 14.0. The number of rotatable bonds is 6. The van der Waals surface area contributed by atoms with Crippen molar-refractivity contribution >= 4 is 0 Å².